The number of carbonyl (C=O) groups is 2. The third-order valence-electron chi connectivity index (χ3n) is 4.74. The van der Waals surface area contributed by atoms with Gasteiger partial charge in [0.25, 0.3) is 0 Å². The van der Waals surface area contributed by atoms with Gasteiger partial charge in [-0.3, -0.25) is 9.59 Å². The van der Waals surface area contributed by atoms with Crippen LogP contribution in [0.5, 0.6) is 5.75 Å². The van der Waals surface area contributed by atoms with Crippen molar-refractivity contribution in [2.75, 3.05) is 6.61 Å². The quantitative estimate of drug-likeness (QED) is 0.537. The second-order valence-corrected chi connectivity index (χ2v) is 8.06. The Morgan fingerprint density at radius 2 is 1.83 bits per heavy atom. The molecule has 160 valence electrons. The molecule has 0 radical (unpaired) electrons. The van der Waals surface area contributed by atoms with E-state index in [1.807, 2.05) is 48.5 Å². The molecule has 0 aliphatic carbocycles. The van der Waals surface area contributed by atoms with Crippen molar-refractivity contribution in [3.63, 3.8) is 0 Å². The molecule has 0 amide bonds. The van der Waals surface area contributed by atoms with Crippen LogP contribution < -0.4 is 4.74 Å². The fourth-order valence-corrected chi connectivity index (χ4v) is 3.78. The highest BCUT2D eigenvalue weighted by Crippen LogP contribution is 2.35. The van der Waals surface area contributed by atoms with Crippen molar-refractivity contribution in [3.8, 4) is 5.75 Å². The first-order valence-corrected chi connectivity index (χ1v) is 10.6. The van der Waals surface area contributed by atoms with Gasteiger partial charge in [-0.25, -0.2) is 0 Å². The number of rotatable bonds is 7. The lowest BCUT2D eigenvalue weighted by Crippen LogP contribution is -2.36. The Bertz CT molecular complexity index is 869. The van der Waals surface area contributed by atoms with Gasteiger partial charge < -0.3 is 18.9 Å². The maximum absolute atomic E-state index is 11.5. The zero-order valence-electron chi connectivity index (χ0n) is 17.0. The summed E-state index contributed by atoms with van der Waals surface area (Å²) in [7, 11) is 0. The minimum absolute atomic E-state index is 0.129. The van der Waals surface area contributed by atoms with Gasteiger partial charge in [-0.1, -0.05) is 40.2 Å². The maximum atomic E-state index is 11.5. The summed E-state index contributed by atoms with van der Waals surface area (Å²) in [6, 6.07) is 15.6. The highest BCUT2D eigenvalue weighted by atomic mass is 79.9. The molecule has 0 spiro atoms. The van der Waals surface area contributed by atoms with E-state index in [4.69, 9.17) is 18.9 Å². The van der Waals surface area contributed by atoms with Crippen LogP contribution in [0, 0.1) is 0 Å². The lowest BCUT2D eigenvalue weighted by Gasteiger charge is -2.35. The summed E-state index contributed by atoms with van der Waals surface area (Å²) in [6.45, 7) is 3.28. The molecule has 0 saturated carbocycles. The number of halogens is 1. The molecule has 3 rings (SSSR count). The van der Waals surface area contributed by atoms with Gasteiger partial charge >= 0.3 is 11.9 Å². The highest BCUT2D eigenvalue weighted by Gasteiger charge is 2.33. The summed E-state index contributed by atoms with van der Waals surface area (Å²) in [6.07, 6.45) is 0.104. The van der Waals surface area contributed by atoms with Crippen molar-refractivity contribution in [2.24, 2.45) is 0 Å². The fourth-order valence-electron chi connectivity index (χ4n) is 3.42. The molecule has 3 unspecified atom stereocenters. The predicted octanol–water partition coefficient (Wildman–Crippen LogP) is 4.74. The van der Waals surface area contributed by atoms with Crippen LogP contribution in [0.2, 0.25) is 0 Å². The van der Waals surface area contributed by atoms with E-state index in [0.29, 0.717) is 19.4 Å². The summed E-state index contributed by atoms with van der Waals surface area (Å²) in [5.41, 5.74) is 1.93. The van der Waals surface area contributed by atoms with Crippen LogP contribution in [0.25, 0.3) is 0 Å². The summed E-state index contributed by atoms with van der Waals surface area (Å²) < 4.78 is 23.5. The van der Waals surface area contributed by atoms with Crippen molar-refractivity contribution in [2.45, 2.75) is 51.6 Å². The normalized spacial score (nSPS) is 21.0. The number of para-hydroxylation sites is 1. The van der Waals surface area contributed by atoms with Crippen molar-refractivity contribution in [1.29, 1.82) is 0 Å². The molecule has 0 N–H and O–H groups in total. The van der Waals surface area contributed by atoms with Crippen LogP contribution in [-0.2, 0) is 30.4 Å². The van der Waals surface area contributed by atoms with Gasteiger partial charge in [0.2, 0.25) is 0 Å². The van der Waals surface area contributed by atoms with Crippen LogP contribution in [-0.4, -0.2) is 30.8 Å². The molecule has 7 heteroatoms. The highest BCUT2D eigenvalue weighted by molar-refractivity contribution is 9.10. The van der Waals surface area contributed by atoms with Crippen LogP contribution in [0.1, 0.15) is 43.9 Å². The van der Waals surface area contributed by atoms with E-state index in [1.54, 1.807) is 0 Å². The Morgan fingerprint density at radius 1 is 1.07 bits per heavy atom. The maximum Gasteiger partial charge on any atom is 0.302 e. The van der Waals surface area contributed by atoms with E-state index in [1.165, 1.54) is 13.8 Å². The number of ether oxygens (including phenoxy) is 4. The summed E-state index contributed by atoms with van der Waals surface area (Å²) in [5.74, 6) is 0.0912. The zero-order valence-corrected chi connectivity index (χ0v) is 18.6. The fraction of sp³-hybridized carbons (Fsp3) is 0.391. The van der Waals surface area contributed by atoms with E-state index in [-0.39, 0.29) is 36.9 Å². The van der Waals surface area contributed by atoms with Crippen LogP contribution in [0.4, 0.5) is 0 Å². The minimum Gasteiger partial charge on any atom is -0.489 e. The average Bonchev–Trinajstić information content (AvgIpc) is 2.72. The van der Waals surface area contributed by atoms with Crippen molar-refractivity contribution >= 4 is 27.9 Å². The Balaban J connectivity index is 1.74. The summed E-state index contributed by atoms with van der Waals surface area (Å²) in [4.78, 5) is 22.7. The minimum atomic E-state index is -0.367. The zero-order chi connectivity index (χ0) is 21.5. The summed E-state index contributed by atoms with van der Waals surface area (Å²) >= 11 is 3.58. The topological polar surface area (TPSA) is 71.1 Å². The predicted molar refractivity (Wildman–Crippen MR) is 114 cm³/mol. The van der Waals surface area contributed by atoms with Gasteiger partial charge in [0.05, 0.1) is 12.2 Å². The van der Waals surface area contributed by atoms with Gasteiger partial charge in [-0.15, -0.1) is 0 Å². The van der Waals surface area contributed by atoms with Gasteiger partial charge in [-0.05, 0) is 29.8 Å². The molecule has 1 aliphatic rings. The Morgan fingerprint density at radius 3 is 2.53 bits per heavy atom. The van der Waals surface area contributed by atoms with E-state index in [9.17, 15) is 9.59 Å². The lowest BCUT2D eigenvalue weighted by atomic mass is 9.95. The first-order chi connectivity index (χ1) is 14.4. The van der Waals surface area contributed by atoms with Crippen molar-refractivity contribution in [1.82, 2.24) is 0 Å². The Kier molecular flexibility index (Phi) is 7.87. The van der Waals surface area contributed by atoms with Crippen molar-refractivity contribution < 1.29 is 28.5 Å². The van der Waals surface area contributed by atoms with Gasteiger partial charge in [0, 0.05) is 36.7 Å². The first kappa shape index (κ1) is 22.3. The van der Waals surface area contributed by atoms with Crippen molar-refractivity contribution in [3.05, 3.63) is 64.1 Å². The number of carbonyl (C=O) groups excluding carboxylic acids is 2. The molecular formula is C23H25BrO6. The average molecular weight is 477 g/mol. The molecule has 6 nitrogen and oxygen atoms in total. The largest absolute Gasteiger partial charge is 0.489 e. The van der Waals surface area contributed by atoms with E-state index in [2.05, 4.69) is 15.9 Å². The van der Waals surface area contributed by atoms with Gasteiger partial charge in [-0.2, -0.15) is 0 Å². The lowest BCUT2D eigenvalue weighted by molar-refractivity contribution is -0.169. The van der Waals surface area contributed by atoms with E-state index in [0.717, 1.165) is 21.3 Å². The smallest absolute Gasteiger partial charge is 0.302 e. The molecule has 3 atom stereocenters. The second-order valence-electron chi connectivity index (χ2n) is 7.20. The molecule has 0 aromatic heterocycles. The van der Waals surface area contributed by atoms with E-state index >= 15 is 0 Å². The molecule has 1 saturated heterocycles. The molecule has 30 heavy (non-hydrogen) atoms. The van der Waals surface area contributed by atoms with Crippen LogP contribution >= 0.6 is 15.9 Å². The van der Waals surface area contributed by atoms with Gasteiger partial charge in [0.1, 0.15) is 25.1 Å². The molecule has 1 fully saturated rings. The molecular weight excluding hydrogens is 452 g/mol. The number of hydrogen-bond donors (Lipinski definition) is 0. The molecule has 0 bridgehead atoms. The summed E-state index contributed by atoms with van der Waals surface area (Å²) in [5, 5.41) is 0. The van der Waals surface area contributed by atoms with Crippen LogP contribution in [0.15, 0.2) is 53.0 Å². The molecule has 2 aromatic carbocycles. The number of benzene rings is 2. The number of esters is 2. The Labute approximate surface area is 184 Å². The van der Waals surface area contributed by atoms with Crippen LogP contribution in [0.3, 0.4) is 0 Å². The first-order valence-electron chi connectivity index (χ1n) is 9.83. The Hall–Kier alpha value is -2.38. The van der Waals surface area contributed by atoms with E-state index < -0.39 is 0 Å². The third kappa shape index (κ3) is 6.57. The number of hydrogen-bond acceptors (Lipinski definition) is 6. The standard InChI is InChI=1S/C23H25BrO6/c1-15(25)27-14-21-11-20(29-16(2)26)12-23(30-21)17-8-9-22(24)18(10-17)13-28-19-6-4-3-5-7-19/h3-10,20-21,23H,11-14H2,1-2H3. The van der Waals surface area contributed by atoms with Gasteiger partial charge in [0.15, 0.2) is 0 Å². The SMILES string of the molecule is CC(=O)OCC1CC(OC(C)=O)CC(c2ccc(Br)c(COc3ccccc3)c2)O1. The molecule has 1 heterocycles. The third-order valence-corrected chi connectivity index (χ3v) is 5.52. The second kappa shape index (κ2) is 10.6. The molecule has 1 aliphatic heterocycles. The molecule has 2 aromatic rings. The monoisotopic (exact) mass is 476 g/mol.